The van der Waals surface area contributed by atoms with Gasteiger partial charge in [0.1, 0.15) is 0 Å². The van der Waals surface area contributed by atoms with E-state index in [0.29, 0.717) is 11.6 Å². The van der Waals surface area contributed by atoms with Crippen molar-refractivity contribution in [3.8, 4) is 0 Å². The molecule has 0 saturated carbocycles. The number of hydrogen-bond acceptors (Lipinski definition) is 0. The van der Waals surface area contributed by atoms with Crippen LogP contribution in [0.2, 0.25) is 0 Å². The summed E-state index contributed by atoms with van der Waals surface area (Å²) in [5, 5.41) is 4.37. The third-order valence-electron chi connectivity index (χ3n) is 3.94. The smallest absolute Gasteiger partial charge is 0.0412 e. The molecule has 20 heavy (non-hydrogen) atoms. The van der Waals surface area contributed by atoms with E-state index in [0.717, 1.165) is 0 Å². The summed E-state index contributed by atoms with van der Waals surface area (Å²) in [5.41, 5.74) is 2.02. The van der Waals surface area contributed by atoms with E-state index in [1.807, 2.05) is 0 Å². The zero-order valence-electron chi connectivity index (χ0n) is 11.0. The van der Waals surface area contributed by atoms with Gasteiger partial charge in [-0.25, -0.2) is 0 Å². The first-order chi connectivity index (χ1) is 9.93. The Hall–Kier alpha value is -1.48. The molecule has 4 rings (SSSR count). The molecule has 2 unspecified atom stereocenters. The van der Waals surface area contributed by atoms with Gasteiger partial charge in [-0.05, 0) is 39.3 Å². The van der Waals surface area contributed by atoms with Crippen molar-refractivity contribution < 1.29 is 0 Å². The van der Waals surface area contributed by atoms with Crippen LogP contribution in [0.3, 0.4) is 0 Å². The Morgan fingerprint density at radius 1 is 1.00 bits per heavy atom. The molecule has 1 aromatic carbocycles. The molecular formula is C18H14P2. The molecule has 0 N–H and O–H groups in total. The highest BCUT2D eigenvalue weighted by molar-refractivity contribution is 7.41. The van der Waals surface area contributed by atoms with Crippen LogP contribution in [0.5, 0.6) is 0 Å². The van der Waals surface area contributed by atoms with Crippen molar-refractivity contribution in [1.29, 1.82) is 0 Å². The van der Waals surface area contributed by atoms with Crippen LogP contribution in [0.25, 0.3) is 10.8 Å². The Morgan fingerprint density at radius 3 is 2.95 bits per heavy atom. The standard InChI is InChI=1S/C18H14P2/c1-3-7-15-13(5-1)9-11-19-17(15)18-16-8-4-2-6-14(16)10-12-20-18/h1-12,15,17H. The van der Waals surface area contributed by atoms with E-state index in [1.165, 1.54) is 32.7 Å². The maximum Gasteiger partial charge on any atom is 0.0412 e. The molecule has 2 atom stereocenters. The number of rotatable bonds is 1. The monoisotopic (exact) mass is 292 g/mol. The van der Waals surface area contributed by atoms with Crippen LogP contribution in [-0.4, -0.2) is 5.80 Å². The Kier molecular flexibility index (Phi) is 3.15. The van der Waals surface area contributed by atoms with Crippen LogP contribution >= 0.6 is 16.4 Å². The summed E-state index contributed by atoms with van der Waals surface area (Å²) in [7, 11) is 2.77. The first-order valence-electron chi connectivity index (χ1n) is 6.85. The third-order valence-corrected chi connectivity index (χ3v) is 6.46. The minimum absolute atomic E-state index is 0.536. The van der Waals surface area contributed by atoms with Gasteiger partial charge in [-0.2, -0.15) is 0 Å². The van der Waals surface area contributed by atoms with Crippen molar-refractivity contribution in [2.75, 3.05) is 0 Å². The normalized spacial score (nSPS) is 24.9. The second-order valence-electron chi connectivity index (χ2n) is 5.10. The number of allylic oxidation sites excluding steroid dienone is 6. The minimum Gasteiger partial charge on any atom is -0.0949 e. The van der Waals surface area contributed by atoms with Crippen LogP contribution in [0, 0.1) is 5.92 Å². The zero-order valence-corrected chi connectivity index (χ0v) is 12.8. The van der Waals surface area contributed by atoms with Gasteiger partial charge < -0.3 is 0 Å². The number of hydrogen-bond donors (Lipinski definition) is 0. The average Bonchev–Trinajstić information content (AvgIpc) is 2.54. The summed E-state index contributed by atoms with van der Waals surface area (Å²) in [6.45, 7) is 0. The number of benzene rings is 1. The summed E-state index contributed by atoms with van der Waals surface area (Å²) in [4.78, 5) is 0. The van der Waals surface area contributed by atoms with Crippen molar-refractivity contribution in [3.63, 3.8) is 0 Å². The SMILES string of the molecule is C1=CC2=CC=PC(c3pccc4ccccc34)C2C=C1. The van der Waals surface area contributed by atoms with E-state index in [1.54, 1.807) is 5.30 Å². The first-order valence-corrected chi connectivity index (χ1v) is 8.85. The van der Waals surface area contributed by atoms with Gasteiger partial charge in [0.25, 0.3) is 0 Å². The van der Waals surface area contributed by atoms with Crippen molar-refractivity contribution in [3.05, 3.63) is 77.4 Å². The van der Waals surface area contributed by atoms with Crippen LogP contribution < -0.4 is 0 Å². The summed E-state index contributed by atoms with van der Waals surface area (Å²) >= 11 is 0. The number of fused-ring (bicyclic) bond motifs is 2. The summed E-state index contributed by atoms with van der Waals surface area (Å²) in [6.07, 6.45) is 11.2. The molecule has 1 aliphatic heterocycles. The predicted octanol–water partition coefficient (Wildman–Crippen LogP) is 5.89. The molecule has 2 heteroatoms. The van der Waals surface area contributed by atoms with E-state index in [4.69, 9.17) is 0 Å². The lowest BCUT2D eigenvalue weighted by Gasteiger charge is -2.27. The maximum atomic E-state index is 2.36. The van der Waals surface area contributed by atoms with Gasteiger partial charge in [0, 0.05) is 11.6 Å². The lowest BCUT2D eigenvalue weighted by atomic mass is 9.89. The molecule has 0 nitrogen and oxygen atoms in total. The van der Waals surface area contributed by atoms with E-state index in [9.17, 15) is 0 Å². The molecule has 0 saturated heterocycles. The van der Waals surface area contributed by atoms with E-state index >= 15 is 0 Å². The van der Waals surface area contributed by atoms with E-state index in [-0.39, 0.29) is 0 Å². The molecule has 0 radical (unpaired) electrons. The Bertz CT molecular complexity index is 776. The fraction of sp³-hybridized carbons (Fsp3) is 0.111. The van der Waals surface area contributed by atoms with Crippen LogP contribution in [0.4, 0.5) is 0 Å². The van der Waals surface area contributed by atoms with Gasteiger partial charge in [-0.15, -0.1) is 0 Å². The average molecular weight is 292 g/mol. The van der Waals surface area contributed by atoms with Crippen molar-refractivity contribution >= 4 is 33.0 Å². The molecule has 2 aliphatic rings. The second-order valence-corrected chi connectivity index (χ2v) is 7.29. The summed E-state index contributed by atoms with van der Waals surface area (Å²) < 4.78 is 0. The molecule has 96 valence electrons. The first kappa shape index (κ1) is 12.3. The minimum atomic E-state index is 0.536. The topological polar surface area (TPSA) is 0 Å². The maximum absolute atomic E-state index is 2.36. The highest BCUT2D eigenvalue weighted by Crippen LogP contribution is 2.48. The largest absolute Gasteiger partial charge is 0.0949 e. The lowest BCUT2D eigenvalue weighted by Crippen LogP contribution is -2.11. The van der Waals surface area contributed by atoms with Gasteiger partial charge in [-0.3, -0.25) is 0 Å². The summed E-state index contributed by atoms with van der Waals surface area (Å²) in [6, 6.07) is 11.0. The molecule has 2 heterocycles. The summed E-state index contributed by atoms with van der Waals surface area (Å²) in [5.74, 6) is 5.13. The second kappa shape index (κ2) is 5.13. The van der Waals surface area contributed by atoms with Crippen molar-refractivity contribution in [2.24, 2.45) is 5.92 Å². The molecular weight excluding hydrogens is 278 g/mol. The van der Waals surface area contributed by atoms with Gasteiger partial charge in [0.05, 0.1) is 0 Å². The van der Waals surface area contributed by atoms with E-state index in [2.05, 4.69) is 72.3 Å². The Morgan fingerprint density at radius 2 is 1.95 bits per heavy atom. The highest BCUT2D eigenvalue weighted by Gasteiger charge is 2.26. The molecule has 0 spiro atoms. The quantitative estimate of drug-likeness (QED) is 0.575. The molecule has 0 fully saturated rings. The Labute approximate surface area is 122 Å². The molecule has 1 aliphatic carbocycles. The Balaban J connectivity index is 1.88. The molecule has 0 amide bonds. The van der Waals surface area contributed by atoms with Gasteiger partial charge >= 0.3 is 0 Å². The predicted molar refractivity (Wildman–Crippen MR) is 92.0 cm³/mol. The molecule has 0 bridgehead atoms. The zero-order chi connectivity index (χ0) is 13.4. The molecule has 1 aromatic heterocycles. The third kappa shape index (κ3) is 2.01. The lowest BCUT2D eigenvalue weighted by molar-refractivity contribution is 0.759. The van der Waals surface area contributed by atoms with Crippen LogP contribution in [-0.2, 0) is 0 Å². The van der Waals surface area contributed by atoms with Crippen LogP contribution in [0.1, 0.15) is 11.0 Å². The van der Waals surface area contributed by atoms with Crippen molar-refractivity contribution in [2.45, 2.75) is 5.66 Å². The van der Waals surface area contributed by atoms with Crippen molar-refractivity contribution in [1.82, 2.24) is 0 Å². The van der Waals surface area contributed by atoms with Gasteiger partial charge in [-0.1, -0.05) is 71.0 Å². The van der Waals surface area contributed by atoms with E-state index < -0.39 is 0 Å². The molecule has 2 aromatic rings. The fourth-order valence-electron chi connectivity index (χ4n) is 2.96. The fourth-order valence-corrected chi connectivity index (χ4v) is 5.59. The van der Waals surface area contributed by atoms with Crippen LogP contribution in [0.15, 0.2) is 72.1 Å². The van der Waals surface area contributed by atoms with Gasteiger partial charge in [0.15, 0.2) is 0 Å². The van der Waals surface area contributed by atoms with Gasteiger partial charge in [0.2, 0.25) is 0 Å². The highest BCUT2D eigenvalue weighted by atomic mass is 31.1.